The van der Waals surface area contributed by atoms with Crippen LogP contribution in [-0.2, 0) is 16.6 Å². The molecule has 2 fully saturated rings. The molecular formula is C29H35ClN4O4S. The van der Waals surface area contributed by atoms with Crippen LogP contribution in [0.15, 0.2) is 58.4 Å². The number of hydrogen-bond acceptors (Lipinski definition) is 5. The third kappa shape index (κ3) is 5.44. The van der Waals surface area contributed by atoms with Crippen LogP contribution < -0.4 is 10.3 Å². The Morgan fingerprint density at radius 1 is 1.03 bits per heavy atom. The maximum absolute atomic E-state index is 13.7. The predicted molar refractivity (Wildman–Crippen MR) is 155 cm³/mol. The van der Waals surface area contributed by atoms with Crippen LogP contribution in [0.2, 0.25) is 5.02 Å². The zero-order chi connectivity index (χ0) is 27.7. The van der Waals surface area contributed by atoms with Gasteiger partial charge in [-0.1, -0.05) is 36.9 Å². The summed E-state index contributed by atoms with van der Waals surface area (Å²) in [4.78, 5) is 31.2. The van der Waals surface area contributed by atoms with Crippen molar-refractivity contribution in [2.45, 2.75) is 56.5 Å². The second-order valence-corrected chi connectivity index (χ2v) is 12.8. The molecule has 2 heterocycles. The molecule has 1 aliphatic heterocycles. The van der Waals surface area contributed by atoms with Gasteiger partial charge in [-0.15, -0.1) is 0 Å². The quantitative estimate of drug-likeness (QED) is 0.433. The number of piperazine rings is 1. The van der Waals surface area contributed by atoms with Crippen molar-refractivity contribution in [2.75, 3.05) is 38.1 Å². The Hall–Kier alpha value is -2.88. The lowest BCUT2D eigenvalue weighted by Crippen LogP contribution is -2.49. The summed E-state index contributed by atoms with van der Waals surface area (Å²) < 4.78 is 30.3. The Morgan fingerprint density at radius 2 is 1.74 bits per heavy atom. The van der Waals surface area contributed by atoms with Gasteiger partial charge in [0.25, 0.3) is 5.91 Å². The van der Waals surface area contributed by atoms with Crippen LogP contribution in [0.25, 0.3) is 10.9 Å². The van der Waals surface area contributed by atoms with Crippen LogP contribution in [0.4, 0.5) is 5.69 Å². The van der Waals surface area contributed by atoms with Gasteiger partial charge in [-0.25, -0.2) is 8.42 Å². The van der Waals surface area contributed by atoms with Crippen molar-refractivity contribution in [3.05, 3.63) is 69.5 Å². The minimum atomic E-state index is -3.78. The normalized spacial score (nSPS) is 17.2. The Bertz CT molecular complexity index is 1540. The molecule has 1 saturated carbocycles. The first-order chi connectivity index (χ1) is 18.7. The van der Waals surface area contributed by atoms with Gasteiger partial charge in [0.05, 0.1) is 10.4 Å². The highest BCUT2D eigenvalue weighted by Crippen LogP contribution is 2.28. The van der Waals surface area contributed by atoms with Gasteiger partial charge < -0.3 is 14.4 Å². The number of rotatable bonds is 6. The smallest absolute Gasteiger partial charge is 0.259 e. The van der Waals surface area contributed by atoms with Crippen LogP contribution in [0.5, 0.6) is 0 Å². The summed E-state index contributed by atoms with van der Waals surface area (Å²) in [7, 11) is -2.15. The van der Waals surface area contributed by atoms with Gasteiger partial charge in [-0.2, -0.15) is 4.31 Å². The molecular weight excluding hydrogens is 536 g/mol. The second-order valence-electron chi connectivity index (χ2n) is 10.4. The zero-order valence-corrected chi connectivity index (χ0v) is 24.0. The first kappa shape index (κ1) is 27.7. The zero-order valence-electron chi connectivity index (χ0n) is 22.5. The van der Waals surface area contributed by atoms with E-state index in [0.717, 1.165) is 37.8 Å². The number of sulfonamides is 1. The van der Waals surface area contributed by atoms with Crippen molar-refractivity contribution >= 4 is 44.1 Å². The van der Waals surface area contributed by atoms with E-state index in [4.69, 9.17) is 11.6 Å². The number of carbonyl (C=O) groups excluding carboxylic acids is 1. The Balaban J connectivity index is 1.44. The number of hydrogen-bond donors (Lipinski definition) is 0. The molecule has 8 nitrogen and oxygen atoms in total. The molecule has 0 radical (unpaired) electrons. The van der Waals surface area contributed by atoms with E-state index in [1.165, 1.54) is 10.4 Å². The van der Waals surface area contributed by atoms with E-state index in [-0.39, 0.29) is 27.8 Å². The van der Waals surface area contributed by atoms with Crippen LogP contribution in [0, 0.1) is 0 Å². The molecule has 0 atom stereocenters. The fraction of sp³-hybridized carbons (Fsp3) is 0.448. The van der Waals surface area contributed by atoms with E-state index in [1.54, 1.807) is 30.3 Å². The highest BCUT2D eigenvalue weighted by Gasteiger charge is 2.30. The van der Waals surface area contributed by atoms with Gasteiger partial charge in [0, 0.05) is 68.1 Å². The summed E-state index contributed by atoms with van der Waals surface area (Å²) in [6.45, 7) is 4.65. The molecule has 39 heavy (non-hydrogen) atoms. The third-order valence-corrected chi connectivity index (χ3v) is 10.3. The monoisotopic (exact) mass is 570 g/mol. The molecule has 10 heteroatoms. The molecule has 2 aromatic carbocycles. The van der Waals surface area contributed by atoms with Crippen LogP contribution in [-0.4, -0.2) is 67.4 Å². The molecule has 2 aliphatic rings. The maximum atomic E-state index is 13.7. The van der Waals surface area contributed by atoms with Gasteiger partial charge in [0.15, 0.2) is 0 Å². The molecule has 3 aromatic rings. The van der Waals surface area contributed by atoms with Gasteiger partial charge in [0.1, 0.15) is 5.56 Å². The molecule has 1 amide bonds. The fourth-order valence-electron chi connectivity index (χ4n) is 5.77. The summed E-state index contributed by atoms with van der Waals surface area (Å²) in [5.74, 6) is -0.331. The van der Waals surface area contributed by atoms with Gasteiger partial charge >= 0.3 is 0 Å². The average molecular weight is 571 g/mol. The number of nitrogens with zero attached hydrogens (tertiary/aromatic N) is 4. The first-order valence-electron chi connectivity index (χ1n) is 13.7. The van der Waals surface area contributed by atoms with E-state index in [0.29, 0.717) is 43.3 Å². The van der Waals surface area contributed by atoms with Crippen molar-refractivity contribution in [2.24, 2.45) is 0 Å². The topological polar surface area (TPSA) is 82.9 Å². The van der Waals surface area contributed by atoms with Gasteiger partial charge in [-0.05, 0) is 56.2 Å². The number of aryl methyl sites for hydroxylation is 1. The largest absolute Gasteiger partial charge is 0.368 e. The third-order valence-electron chi connectivity index (χ3n) is 8.13. The Morgan fingerprint density at radius 3 is 2.41 bits per heavy atom. The lowest BCUT2D eigenvalue weighted by molar-refractivity contribution is 0.0745. The molecule has 1 aliphatic carbocycles. The van der Waals surface area contributed by atoms with Crippen molar-refractivity contribution in [3.63, 3.8) is 0 Å². The van der Waals surface area contributed by atoms with Crippen molar-refractivity contribution in [3.8, 4) is 0 Å². The SMILES string of the molecule is CCn1cc(C(=O)N2CCN(c3cccc(Cl)c3)CC2)c(=O)c2cc(S(=O)(=O)N(C)C3CCCCC3)ccc21. The minimum Gasteiger partial charge on any atom is -0.368 e. The second kappa shape index (κ2) is 11.3. The van der Waals surface area contributed by atoms with E-state index < -0.39 is 15.5 Å². The summed E-state index contributed by atoms with van der Waals surface area (Å²) in [6, 6.07) is 12.3. The minimum absolute atomic E-state index is 0.0368. The number of anilines is 1. The Kier molecular flexibility index (Phi) is 8.03. The van der Waals surface area contributed by atoms with Gasteiger partial charge in [0.2, 0.25) is 15.5 Å². The highest BCUT2D eigenvalue weighted by atomic mass is 35.5. The van der Waals surface area contributed by atoms with E-state index in [9.17, 15) is 18.0 Å². The average Bonchev–Trinajstić information content (AvgIpc) is 2.97. The molecule has 0 bridgehead atoms. The molecule has 208 valence electrons. The number of fused-ring (bicyclic) bond motifs is 1. The fourth-order valence-corrected chi connectivity index (χ4v) is 7.40. The summed E-state index contributed by atoms with van der Waals surface area (Å²) in [5.41, 5.74) is 1.25. The van der Waals surface area contributed by atoms with Crippen LogP contribution >= 0.6 is 11.6 Å². The molecule has 0 unspecified atom stereocenters. The van der Waals surface area contributed by atoms with Crippen LogP contribution in [0.3, 0.4) is 0 Å². The van der Waals surface area contributed by atoms with E-state index in [2.05, 4.69) is 4.90 Å². The first-order valence-corrected chi connectivity index (χ1v) is 15.5. The molecule has 1 aromatic heterocycles. The number of aromatic nitrogens is 1. The molecule has 0 spiro atoms. The number of amides is 1. The van der Waals surface area contributed by atoms with E-state index >= 15 is 0 Å². The van der Waals surface area contributed by atoms with E-state index in [1.807, 2.05) is 35.8 Å². The lowest BCUT2D eigenvalue weighted by Gasteiger charge is -2.36. The molecule has 0 N–H and O–H groups in total. The summed E-state index contributed by atoms with van der Waals surface area (Å²) in [6.07, 6.45) is 6.46. The number of benzene rings is 2. The standard InChI is InChI=1S/C29H35ClN4O4S/c1-3-32-20-26(29(36)34-16-14-33(15-17-34)23-11-7-8-21(30)18-23)28(35)25-19-24(12-13-27(25)32)39(37,38)31(2)22-9-5-4-6-10-22/h7-8,11-13,18-20,22H,3-6,9-10,14-17H2,1-2H3. The van der Waals surface area contributed by atoms with Crippen LogP contribution in [0.1, 0.15) is 49.4 Å². The van der Waals surface area contributed by atoms with Crippen molar-refractivity contribution < 1.29 is 13.2 Å². The highest BCUT2D eigenvalue weighted by molar-refractivity contribution is 7.89. The Labute approximate surface area is 234 Å². The number of pyridine rings is 1. The van der Waals surface area contributed by atoms with Gasteiger partial charge in [-0.3, -0.25) is 9.59 Å². The molecule has 5 rings (SSSR count). The van der Waals surface area contributed by atoms with Crippen molar-refractivity contribution in [1.29, 1.82) is 0 Å². The summed E-state index contributed by atoms with van der Waals surface area (Å²) in [5, 5.41) is 0.909. The predicted octanol–water partition coefficient (Wildman–Crippen LogP) is 4.59. The maximum Gasteiger partial charge on any atom is 0.259 e. The number of halogens is 1. The lowest BCUT2D eigenvalue weighted by atomic mass is 9.96. The molecule has 1 saturated heterocycles. The number of carbonyl (C=O) groups is 1. The summed E-state index contributed by atoms with van der Waals surface area (Å²) >= 11 is 6.14. The van der Waals surface area contributed by atoms with Crippen molar-refractivity contribution in [1.82, 2.24) is 13.8 Å².